The molecule has 1 N–H and O–H groups in total. The predicted molar refractivity (Wildman–Crippen MR) is 70.2 cm³/mol. The minimum absolute atomic E-state index is 0.576. The van der Waals surface area contributed by atoms with Crippen molar-refractivity contribution in [2.75, 3.05) is 6.54 Å². The maximum atomic E-state index is 5.15. The lowest BCUT2D eigenvalue weighted by atomic mass is 10.0. The van der Waals surface area contributed by atoms with Crippen LogP contribution in [0.15, 0.2) is 12.3 Å². The number of nitrogens with zero attached hydrogens (tertiary/aromatic N) is 1. The van der Waals surface area contributed by atoms with Crippen LogP contribution in [0.5, 0.6) is 0 Å². The highest BCUT2D eigenvalue weighted by atomic mass is 32.1. The van der Waals surface area contributed by atoms with Gasteiger partial charge in [0.25, 0.3) is 0 Å². The average Bonchev–Trinajstić information content (AvgIpc) is 2.66. The van der Waals surface area contributed by atoms with Crippen LogP contribution >= 0.6 is 12.2 Å². The van der Waals surface area contributed by atoms with E-state index in [1.807, 2.05) is 0 Å². The van der Waals surface area contributed by atoms with Crippen LogP contribution in [0.25, 0.3) is 0 Å². The molecule has 0 saturated carbocycles. The van der Waals surface area contributed by atoms with Gasteiger partial charge in [-0.15, -0.1) is 0 Å². The fourth-order valence-electron chi connectivity index (χ4n) is 2.68. The Morgan fingerprint density at radius 1 is 1.50 bits per heavy atom. The van der Waals surface area contributed by atoms with Gasteiger partial charge in [0.05, 0.1) is 0 Å². The van der Waals surface area contributed by atoms with Gasteiger partial charge in [-0.3, -0.25) is 4.90 Å². The van der Waals surface area contributed by atoms with Crippen molar-refractivity contribution < 1.29 is 0 Å². The fourth-order valence-corrected chi connectivity index (χ4v) is 2.92. The molecule has 3 heteroatoms. The van der Waals surface area contributed by atoms with E-state index >= 15 is 0 Å². The molecule has 1 aromatic rings. The zero-order chi connectivity index (χ0) is 11.7. The van der Waals surface area contributed by atoms with Crippen molar-refractivity contribution in [2.24, 2.45) is 0 Å². The molecule has 1 aliphatic rings. The van der Waals surface area contributed by atoms with Crippen molar-refractivity contribution >= 4 is 12.2 Å². The summed E-state index contributed by atoms with van der Waals surface area (Å²) in [6.07, 6.45) is 4.67. The zero-order valence-electron chi connectivity index (χ0n) is 10.3. The minimum atomic E-state index is 0.576. The number of H-pyrrole nitrogens is 1. The van der Waals surface area contributed by atoms with Crippen LogP contribution < -0.4 is 0 Å². The quantitative estimate of drug-likeness (QED) is 0.791. The second-order valence-electron chi connectivity index (χ2n) is 4.93. The molecule has 0 spiro atoms. The third-order valence-electron chi connectivity index (χ3n) is 3.49. The molecule has 0 aromatic carbocycles. The van der Waals surface area contributed by atoms with Crippen molar-refractivity contribution in [1.82, 2.24) is 9.88 Å². The maximum absolute atomic E-state index is 5.15. The van der Waals surface area contributed by atoms with Crippen LogP contribution in [-0.2, 0) is 0 Å². The van der Waals surface area contributed by atoms with Crippen LogP contribution in [0, 0.1) is 11.6 Å². The summed E-state index contributed by atoms with van der Waals surface area (Å²) in [7, 11) is 0. The number of rotatable bonds is 2. The summed E-state index contributed by atoms with van der Waals surface area (Å²) >= 11 is 5.15. The number of aromatic nitrogens is 1. The largest absolute Gasteiger partial charge is 0.353 e. The van der Waals surface area contributed by atoms with Gasteiger partial charge in [0.2, 0.25) is 0 Å². The Kier molecular flexibility index (Phi) is 3.45. The molecule has 16 heavy (non-hydrogen) atoms. The molecule has 0 aliphatic carbocycles. The molecule has 88 valence electrons. The van der Waals surface area contributed by atoms with E-state index in [-0.39, 0.29) is 0 Å². The second-order valence-corrected chi connectivity index (χ2v) is 5.37. The molecular weight excluding hydrogens is 216 g/mol. The van der Waals surface area contributed by atoms with Gasteiger partial charge in [0, 0.05) is 18.3 Å². The first-order valence-corrected chi connectivity index (χ1v) is 6.45. The summed E-state index contributed by atoms with van der Waals surface area (Å²) in [5, 5.41) is 0. The van der Waals surface area contributed by atoms with Gasteiger partial charge in [-0.05, 0) is 57.4 Å². The number of nitrogens with one attached hydrogen (secondary N) is 1. The van der Waals surface area contributed by atoms with E-state index in [0.717, 1.165) is 4.64 Å². The van der Waals surface area contributed by atoms with Gasteiger partial charge in [-0.25, -0.2) is 0 Å². The SMILES string of the molecule is Cc1cc(=S)[nH]cc1[C@H]1CCCN1C(C)C. The highest BCUT2D eigenvalue weighted by Crippen LogP contribution is 2.34. The van der Waals surface area contributed by atoms with Gasteiger partial charge < -0.3 is 4.98 Å². The Hall–Kier alpha value is -0.670. The van der Waals surface area contributed by atoms with Gasteiger partial charge in [0.1, 0.15) is 4.64 Å². The average molecular weight is 236 g/mol. The highest BCUT2D eigenvalue weighted by molar-refractivity contribution is 7.71. The Morgan fingerprint density at radius 2 is 2.25 bits per heavy atom. The molecule has 0 unspecified atom stereocenters. The first-order chi connectivity index (χ1) is 7.59. The number of hydrogen-bond acceptors (Lipinski definition) is 2. The number of hydrogen-bond donors (Lipinski definition) is 1. The number of likely N-dealkylation sites (tertiary alicyclic amines) is 1. The molecule has 1 atom stereocenters. The third kappa shape index (κ3) is 2.20. The van der Waals surface area contributed by atoms with Crippen molar-refractivity contribution in [3.63, 3.8) is 0 Å². The molecule has 0 bridgehead atoms. The number of aromatic amines is 1. The molecule has 1 fully saturated rings. The maximum Gasteiger partial charge on any atom is 0.103 e. The molecule has 1 saturated heterocycles. The van der Waals surface area contributed by atoms with Crippen LogP contribution in [0.2, 0.25) is 0 Å². The van der Waals surface area contributed by atoms with Gasteiger partial charge in [-0.1, -0.05) is 12.2 Å². The van der Waals surface area contributed by atoms with E-state index in [2.05, 4.69) is 42.9 Å². The smallest absolute Gasteiger partial charge is 0.103 e. The topological polar surface area (TPSA) is 19.0 Å². The highest BCUT2D eigenvalue weighted by Gasteiger charge is 2.28. The predicted octanol–water partition coefficient (Wildman–Crippen LogP) is 3.60. The van der Waals surface area contributed by atoms with Crippen LogP contribution in [0.3, 0.4) is 0 Å². The lowest BCUT2D eigenvalue weighted by molar-refractivity contribution is 0.205. The van der Waals surface area contributed by atoms with Gasteiger partial charge in [-0.2, -0.15) is 0 Å². The molecule has 2 rings (SSSR count). The van der Waals surface area contributed by atoms with E-state index < -0.39 is 0 Å². The number of aryl methyl sites for hydroxylation is 1. The minimum Gasteiger partial charge on any atom is -0.353 e. The van der Waals surface area contributed by atoms with E-state index in [9.17, 15) is 0 Å². The summed E-state index contributed by atoms with van der Waals surface area (Å²) in [6, 6.07) is 3.27. The first-order valence-electron chi connectivity index (χ1n) is 6.04. The van der Waals surface area contributed by atoms with E-state index in [1.165, 1.54) is 30.5 Å². The van der Waals surface area contributed by atoms with Crippen LogP contribution in [-0.4, -0.2) is 22.5 Å². The molecule has 2 nitrogen and oxygen atoms in total. The van der Waals surface area contributed by atoms with E-state index in [4.69, 9.17) is 12.2 Å². The standard InChI is InChI=1S/C13H20N2S/c1-9(2)15-6-4-5-12(15)11-8-14-13(16)7-10(11)3/h7-9,12H,4-6H2,1-3H3,(H,14,16)/t12-/m1/s1. The lowest BCUT2D eigenvalue weighted by Gasteiger charge is -2.29. The lowest BCUT2D eigenvalue weighted by Crippen LogP contribution is -2.30. The molecule has 0 amide bonds. The zero-order valence-corrected chi connectivity index (χ0v) is 11.1. The fraction of sp³-hybridized carbons (Fsp3) is 0.615. The summed E-state index contributed by atoms with van der Waals surface area (Å²) in [6.45, 7) is 7.94. The second kappa shape index (κ2) is 4.68. The molecule has 1 aromatic heterocycles. The van der Waals surface area contributed by atoms with E-state index in [1.54, 1.807) is 0 Å². The summed E-state index contributed by atoms with van der Waals surface area (Å²) in [5.74, 6) is 0. The summed E-state index contributed by atoms with van der Waals surface area (Å²) in [4.78, 5) is 5.75. The number of pyridine rings is 1. The monoisotopic (exact) mass is 236 g/mol. The summed E-state index contributed by atoms with van der Waals surface area (Å²) in [5.41, 5.74) is 2.74. The van der Waals surface area contributed by atoms with E-state index in [0.29, 0.717) is 12.1 Å². The molecular formula is C13H20N2S. The molecule has 0 radical (unpaired) electrons. The van der Waals surface area contributed by atoms with Crippen molar-refractivity contribution in [3.05, 3.63) is 28.0 Å². The third-order valence-corrected chi connectivity index (χ3v) is 3.73. The Balaban J connectivity index is 2.33. The Morgan fingerprint density at radius 3 is 2.88 bits per heavy atom. The Bertz CT molecular complexity index is 422. The van der Waals surface area contributed by atoms with Crippen molar-refractivity contribution in [1.29, 1.82) is 0 Å². The van der Waals surface area contributed by atoms with Crippen LogP contribution in [0.1, 0.15) is 43.9 Å². The normalized spacial score (nSPS) is 21.9. The van der Waals surface area contributed by atoms with Crippen molar-refractivity contribution in [2.45, 2.75) is 45.7 Å². The van der Waals surface area contributed by atoms with Crippen molar-refractivity contribution in [3.8, 4) is 0 Å². The van der Waals surface area contributed by atoms with Gasteiger partial charge >= 0.3 is 0 Å². The molecule has 2 heterocycles. The first kappa shape index (κ1) is 11.8. The Labute approximate surface area is 103 Å². The van der Waals surface area contributed by atoms with Gasteiger partial charge in [0.15, 0.2) is 0 Å². The van der Waals surface area contributed by atoms with Crippen LogP contribution in [0.4, 0.5) is 0 Å². The molecule has 1 aliphatic heterocycles. The summed E-state index contributed by atoms with van der Waals surface area (Å²) < 4.78 is 0.829.